The van der Waals surface area contributed by atoms with Gasteiger partial charge in [0.1, 0.15) is 0 Å². The summed E-state index contributed by atoms with van der Waals surface area (Å²) in [5, 5.41) is 0. The molecule has 0 fully saturated rings. The highest BCUT2D eigenvalue weighted by Crippen LogP contribution is 2.25. The second kappa shape index (κ2) is 5.37. The second-order valence-corrected chi connectivity index (χ2v) is 4.50. The average Bonchev–Trinajstić information content (AvgIpc) is 2.65. The lowest BCUT2D eigenvalue weighted by Gasteiger charge is -2.04. The van der Waals surface area contributed by atoms with Crippen molar-refractivity contribution in [1.29, 1.82) is 0 Å². The molecular formula is C15H22N2. The van der Waals surface area contributed by atoms with E-state index in [2.05, 4.69) is 42.6 Å². The van der Waals surface area contributed by atoms with E-state index in [0.29, 0.717) is 0 Å². The van der Waals surface area contributed by atoms with Gasteiger partial charge in [-0.25, -0.2) is 0 Å². The van der Waals surface area contributed by atoms with Crippen molar-refractivity contribution in [1.82, 2.24) is 4.40 Å². The number of pyridine rings is 1. The summed E-state index contributed by atoms with van der Waals surface area (Å²) in [5.74, 6) is 0. The number of aryl methyl sites for hydroxylation is 1. The number of nitrogens with two attached hydrogens (primary N) is 1. The number of fused-ring (bicyclic) bond motifs is 1. The van der Waals surface area contributed by atoms with Crippen LogP contribution in [0.3, 0.4) is 0 Å². The summed E-state index contributed by atoms with van der Waals surface area (Å²) < 4.78 is 2.35. The van der Waals surface area contributed by atoms with Gasteiger partial charge in [0.15, 0.2) is 0 Å². The van der Waals surface area contributed by atoms with Crippen LogP contribution in [-0.4, -0.2) is 10.9 Å². The number of nitrogens with zero attached hydrogens (tertiary/aromatic N) is 1. The molecule has 0 aliphatic heterocycles. The minimum absolute atomic E-state index is 0.729. The van der Waals surface area contributed by atoms with Gasteiger partial charge >= 0.3 is 0 Å². The quantitative estimate of drug-likeness (QED) is 0.841. The lowest BCUT2D eigenvalue weighted by atomic mass is 10.0. The zero-order chi connectivity index (χ0) is 12.3. The van der Waals surface area contributed by atoms with Crippen LogP contribution in [0.4, 0.5) is 0 Å². The Morgan fingerprint density at radius 3 is 2.59 bits per heavy atom. The number of aromatic nitrogens is 1. The van der Waals surface area contributed by atoms with Gasteiger partial charge in [-0.15, -0.1) is 0 Å². The van der Waals surface area contributed by atoms with Gasteiger partial charge in [-0.1, -0.05) is 26.3 Å². The van der Waals surface area contributed by atoms with E-state index < -0.39 is 0 Å². The third-order valence-corrected chi connectivity index (χ3v) is 3.41. The van der Waals surface area contributed by atoms with Gasteiger partial charge in [-0.2, -0.15) is 0 Å². The van der Waals surface area contributed by atoms with E-state index in [1.807, 2.05) is 0 Å². The summed E-state index contributed by atoms with van der Waals surface area (Å²) in [6, 6.07) is 6.44. The van der Waals surface area contributed by atoms with Crippen LogP contribution in [-0.2, 0) is 19.3 Å². The van der Waals surface area contributed by atoms with Gasteiger partial charge < -0.3 is 10.1 Å². The second-order valence-electron chi connectivity index (χ2n) is 4.50. The molecule has 0 aliphatic carbocycles. The Hall–Kier alpha value is -1.28. The fraction of sp³-hybridized carbons (Fsp3) is 0.467. The molecule has 92 valence electrons. The van der Waals surface area contributed by atoms with Crippen LogP contribution in [0, 0.1) is 0 Å². The third kappa shape index (κ3) is 2.09. The smallest absolute Gasteiger partial charge is 0.0488 e. The summed E-state index contributed by atoms with van der Waals surface area (Å²) >= 11 is 0. The maximum atomic E-state index is 5.75. The Kier molecular flexibility index (Phi) is 3.85. The molecule has 2 aromatic rings. The first-order chi connectivity index (χ1) is 8.33. The fourth-order valence-electron chi connectivity index (χ4n) is 2.75. The highest BCUT2D eigenvalue weighted by Gasteiger charge is 2.14. The van der Waals surface area contributed by atoms with Crippen LogP contribution in [0.2, 0.25) is 0 Å². The fourth-order valence-corrected chi connectivity index (χ4v) is 2.75. The predicted octanol–water partition coefficient (Wildman–Crippen LogP) is 2.96. The first-order valence-electron chi connectivity index (χ1n) is 6.63. The lowest BCUT2D eigenvalue weighted by molar-refractivity contribution is 0.845. The maximum absolute atomic E-state index is 5.75. The van der Waals surface area contributed by atoms with Crippen molar-refractivity contribution in [3.05, 3.63) is 41.2 Å². The van der Waals surface area contributed by atoms with E-state index in [0.717, 1.165) is 25.8 Å². The zero-order valence-electron chi connectivity index (χ0n) is 10.9. The van der Waals surface area contributed by atoms with Crippen molar-refractivity contribution in [2.24, 2.45) is 5.73 Å². The number of rotatable bonds is 5. The Morgan fingerprint density at radius 2 is 1.94 bits per heavy atom. The molecule has 0 amide bonds. The van der Waals surface area contributed by atoms with Gasteiger partial charge in [0.05, 0.1) is 0 Å². The molecule has 0 unspecified atom stereocenters. The van der Waals surface area contributed by atoms with Gasteiger partial charge in [0.2, 0.25) is 0 Å². The summed E-state index contributed by atoms with van der Waals surface area (Å²) in [7, 11) is 0. The third-order valence-electron chi connectivity index (χ3n) is 3.41. The van der Waals surface area contributed by atoms with Crippen LogP contribution >= 0.6 is 0 Å². The molecule has 0 saturated heterocycles. The van der Waals surface area contributed by atoms with Crippen molar-refractivity contribution < 1.29 is 0 Å². The topological polar surface area (TPSA) is 30.4 Å². The van der Waals surface area contributed by atoms with E-state index >= 15 is 0 Å². The van der Waals surface area contributed by atoms with Crippen molar-refractivity contribution in [3.63, 3.8) is 0 Å². The molecule has 0 spiro atoms. The van der Waals surface area contributed by atoms with Crippen LogP contribution < -0.4 is 5.73 Å². The highest BCUT2D eigenvalue weighted by atomic mass is 14.9. The molecule has 2 nitrogen and oxygen atoms in total. The van der Waals surface area contributed by atoms with Gasteiger partial charge in [-0.05, 0) is 49.1 Å². The predicted molar refractivity (Wildman–Crippen MR) is 73.5 cm³/mol. The normalized spacial score (nSPS) is 11.2. The van der Waals surface area contributed by atoms with Crippen molar-refractivity contribution >= 4 is 5.52 Å². The van der Waals surface area contributed by atoms with Crippen LogP contribution in [0.5, 0.6) is 0 Å². The Morgan fingerprint density at radius 1 is 1.12 bits per heavy atom. The molecule has 0 radical (unpaired) electrons. The van der Waals surface area contributed by atoms with Crippen LogP contribution in [0.1, 0.15) is 37.1 Å². The molecule has 0 bridgehead atoms. The first kappa shape index (κ1) is 12.2. The molecule has 2 rings (SSSR count). The summed E-state index contributed by atoms with van der Waals surface area (Å²) in [6.07, 6.45) is 6.61. The molecule has 2 heteroatoms. The molecular weight excluding hydrogens is 208 g/mol. The zero-order valence-corrected chi connectivity index (χ0v) is 10.9. The number of hydrogen-bond donors (Lipinski definition) is 1. The standard InChI is InChI=1S/C15H22N2/c1-3-7-14-12(4-2)13(9-10-16)15-8-5-6-11-17(14)15/h5-6,8,11H,3-4,7,9-10,16H2,1-2H3. The van der Waals surface area contributed by atoms with Crippen molar-refractivity contribution in [2.75, 3.05) is 6.54 Å². The minimum atomic E-state index is 0.729. The molecule has 17 heavy (non-hydrogen) atoms. The van der Waals surface area contributed by atoms with E-state index in [1.165, 1.54) is 28.8 Å². The highest BCUT2D eigenvalue weighted by molar-refractivity contribution is 5.62. The van der Waals surface area contributed by atoms with E-state index in [9.17, 15) is 0 Å². The number of hydrogen-bond acceptors (Lipinski definition) is 1. The molecule has 2 aromatic heterocycles. The maximum Gasteiger partial charge on any atom is 0.0488 e. The molecule has 0 saturated carbocycles. The van der Waals surface area contributed by atoms with E-state index in [1.54, 1.807) is 0 Å². The van der Waals surface area contributed by atoms with E-state index in [4.69, 9.17) is 5.73 Å². The first-order valence-corrected chi connectivity index (χ1v) is 6.63. The Balaban J connectivity index is 2.67. The monoisotopic (exact) mass is 230 g/mol. The molecule has 2 heterocycles. The Labute approximate surface area is 103 Å². The SMILES string of the molecule is CCCc1c(CC)c(CCN)c2ccccn12. The molecule has 2 N–H and O–H groups in total. The summed E-state index contributed by atoms with van der Waals surface area (Å²) in [5.41, 5.74) is 11.5. The van der Waals surface area contributed by atoms with Gasteiger partial charge in [0.25, 0.3) is 0 Å². The molecule has 0 aliphatic rings. The average molecular weight is 230 g/mol. The minimum Gasteiger partial charge on any atom is -0.330 e. The van der Waals surface area contributed by atoms with Crippen LogP contribution in [0.15, 0.2) is 24.4 Å². The molecule has 0 aromatic carbocycles. The van der Waals surface area contributed by atoms with Crippen molar-refractivity contribution in [3.8, 4) is 0 Å². The van der Waals surface area contributed by atoms with Crippen LogP contribution in [0.25, 0.3) is 5.52 Å². The van der Waals surface area contributed by atoms with Gasteiger partial charge in [0, 0.05) is 17.4 Å². The summed E-state index contributed by atoms with van der Waals surface area (Å²) in [6.45, 7) is 5.21. The van der Waals surface area contributed by atoms with Gasteiger partial charge in [-0.3, -0.25) is 0 Å². The summed E-state index contributed by atoms with van der Waals surface area (Å²) in [4.78, 5) is 0. The Bertz CT molecular complexity index is 454. The lowest BCUT2D eigenvalue weighted by Crippen LogP contribution is -2.04. The largest absolute Gasteiger partial charge is 0.330 e. The van der Waals surface area contributed by atoms with Crippen molar-refractivity contribution in [2.45, 2.75) is 39.5 Å². The molecule has 0 atom stereocenters. The van der Waals surface area contributed by atoms with E-state index in [-0.39, 0.29) is 0 Å².